The topological polar surface area (TPSA) is 50.4 Å². The molecule has 0 spiro atoms. The van der Waals surface area contributed by atoms with E-state index in [0.717, 1.165) is 18.6 Å². The molecule has 0 saturated carbocycles. The lowest BCUT2D eigenvalue weighted by Crippen LogP contribution is -2.30. The number of hydrogen-bond donors (Lipinski definition) is 2. The molecule has 1 aromatic carbocycles. The van der Waals surface area contributed by atoms with E-state index >= 15 is 0 Å². The molecule has 0 fully saturated rings. The maximum Gasteiger partial charge on any atom is 0.319 e. The number of hydrogen-bond acceptors (Lipinski definition) is 2. The predicted octanol–water partition coefficient (Wildman–Crippen LogP) is 3.14. The zero-order valence-electron chi connectivity index (χ0n) is 11.2. The summed E-state index contributed by atoms with van der Waals surface area (Å²) in [7, 11) is 1.17. The van der Waals surface area contributed by atoms with E-state index in [1.807, 2.05) is 13.8 Å². The minimum absolute atomic E-state index is 0.0397. The molecule has 2 N–H and O–H groups in total. The molecule has 106 valence electrons. The first-order chi connectivity index (χ1) is 8.93. The highest BCUT2D eigenvalue weighted by Crippen LogP contribution is 2.25. The minimum Gasteiger partial charge on any atom is -0.491 e. The summed E-state index contributed by atoms with van der Waals surface area (Å²) in [5, 5.41) is 4.97. The number of halogens is 2. The molecule has 6 heteroatoms. The lowest BCUT2D eigenvalue weighted by atomic mass is 10.1. The van der Waals surface area contributed by atoms with Crippen molar-refractivity contribution in [3.05, 3.63) is 23.8 Å². The molecule has 0 aliphatic carbocycles. The molecular formula is C13H18F2N2O2. The summed E-state index contributed by atoms with van der Waals surface area (Å²) in [5.74, 6) is -1.72. The molecule has 0 saturated heterocycles. The van der Waals surface area contributed by atoms with Gasteiger partial charge in [-0.05, 0) is 12.3 Å². The zero-order valence-corrected chi connectivity index (χ0v) is 11.2. The van der Waals surface area contributed by atoms with Gasteiger partial charge >= 0.3 is 6.03 Å². The first-order valence-electron chi connectivity index (χ1n) is 6.02. The average molecular weight is 272 g/mol. The zero-order chi connectivity index (χ0) is 14.4. The highest BCUT2D eigenvalue weighted by Gasteiger charge is 2.12. The molecule has 0 aliphatic rings. The van der Waals surface area contributed by atoms with Crippen LogP contribution in [0.4, 0.5) is 19.3 Å². The fraction of sp³-hybridized carbons (Fsp3) is 0.462. The molecule has 0 unspecified atom stereocenters. The third kappa shape index (κ3) is 4.73. The average Bonchev–Trinajstić information content (AvgIpc) is 2.27. The molecule has 0 bridgehead atoms. The number of carbonyl (C=O) groups is 1. The van der Waals surface area contributed by atoms with E-state index in [1.54, 1.807) is 0 Å². The normalized spacial score (nSPS) is 10.4. The van der Waals surface area contributed by atoms with Gasteiger partial charge < -0.3 is 15.4 Å². The van der Waals surface area contributed by atoms with Crippen molar-refractivity contribution < 1.29 is 18.3 Å². The summed E-state index contributed by atoms with van der Waals surface area (Å²) >= 11 is 0. The van der Waals surface area contributed by atoms with E-state index in [2.05, 4.69) is 15.4 Å². The van der Waals surface area contributed by atoms with E-state index < -0.39 is 23.4 Å². The van der Waals surface area contributed by atoms with E-state index in [1.165, 1.54) is 7.11 Å². The minimum atomic E-state index is -0.861. The van der Waals surface area contributed by atoms with Crippen LogP contribution in [-0.4, -0.2) is 19.7 Å². The van der Waals surface area contributed by atoms with E-state index in [9.17, 15) is 13.6 Å². The third-order valence-corrected chi connectivity index (χ3v) is 2.47. The quantitative estimate of drug-likeness (QED) is 0.865. The Labute approximate surface area is 111 Å². The van der Waals surface area contributed by atoms with Crippen molar-refractivity contribution in [2.24, 2.45) is 5.92 Å². The fourth-order valence-electron chi connectivity index (χ4n) is 1.48. The van der Waals surface area contributed by atoms with E-state index in [-0.39, 0.29) is 5.69 Å². The van der Waals surface area contributed by atoms with Crippen molar-refractivity contribution in [3.8, 4) is 5.75 Å². The van der Waals surface area contributed by atoms with Gasteiger partial charge in [-0.3, -0.25) is 0 Å². The number of benzene rings is 1. The second-order valence-corrected chi connectivity index (χ2v) is 4.54. The Morgan fingerprint density at radius 3 is 2.37 bits per heavy atom. The van der Waals surface area contributed by atoms with Gasteiger partial charge in [0.25, 0.3) is 0 Å². The standard InChI is InChI=1S/C13H18F2N2O2/c1-8(2)4-5-16-13(18)17-9-6-10(14)12(19-3)11(15)7-9/h6-8H,4-5H2,1-3H3,(H2,16,17,18). The summed E-state index contributed by atoms with van der Waals surface area (Å²) in [6.45, 7) is 4.58. The van der Waals surface area contributed by atoms with Gasteiger partial charge in [0.2, 0.25) is 0 Å². The number of rotatable bonds is 5. The molecule has 0 radical (unpaired) electrons. The number of ether oxygens (including phenoxy) is 1. The molecular weight excluding hydrogens is 254 g/mol. The van der Waals surface area contributed by atoms with Crippen molar-refractivity contribution in [2.45, 2.75) is 20.3 Å². The van der Waals surface area contributed by atoms with Crippen LogP contribution in [0, 0.1) is 17.6 Å². The van der Waals surface area contributed by atoms with Crippen LogP contribution in [0.3, 0.4) is 0 Å². The first kappa shape index (κ1) is 15.2. The van der Waals surface area contributed by atoms with Gasteiger partial charge in [-0.15, -0.1) is 0 Å². The summed E-state index contributed by atoms with van der Waals surface area (Å²) < 4.78 is 31.3. The van der Waals surface area contributed by atoms with Gasteiger partial charge in [0.05, 0.1) is 7.11 Å². The number of anilines is 1. The van der Waals surface area contributed by atoms with Crippen molar-refractivity contribution in [1.29, 1.82) is 0 Å². The summed E-state index contributed by atoms with van der Waals surface area (Å²) in [5.41, 5.74) is 0.0397. The summed E-state index contributed by atoms with van der Waals surface area (Å²) in [6, 6.07) is 1.51. The van der Waals surface area contributed by atoms with Crippen molar-refractivity contribution in [2.75, 3.05) is 19.0 Å². The number of urea groups is 1. The fourth-order valence-corrected chi connectivity index (χ4v) is 1.48. The Morgan fingerprint density at radius 2 is 1.89 bits per heavy atom. The molecule has 0 aliphatic heterocycles. The van der Waals surface area contributed by atoms with Gasteiger partial charge in [-0.25, -0.2) is 13.6 Å². The lowest BCUT2D eigenvalue weighted by Gasteiger charge is -2.10. The number of amides is 2. The lowest BCUT2D eigenvalue weighted by molar-refractivity contribution is 0.251. The van der Waals surface area contributed by atoms with Gasteiger partial charge in [0.15, 0.2) is 17.4 Å². The Balaban J connectivity index is 2.60. The smallest absolute Gasteiger partial charge is 0.319 e. The van der Waals surface area contributed by atoms with Gasteiger partial charge in [0, 0.05) is 24.4 Å². The largest absolute Gasteiger partial charge is 0.491 e. The van der Waals surface area contributed by atoms with Crippen LogP contribution in [0.2, 0.25) is 0 Å². The number of carbonyl (C=O) groups excluding carboxylic acids is 1. The highest BCUT2D eigenvalue weighted by molar-refractivity contribution is 5.89. The van der Waals surface area contributed by atoms with E-state index in [0.29, 0.717) is 12.5 Å². The monoisotopic (exact) mass is 272 g/mol. The van der Waals surface area contributed by atoms with Crippen molar-refractivity contribution in [1.82, 2.24) is 5.32 Å². The second kappa shape index (κ2) is 6.92. The van der Waals surface area contributed by atoms with Crippen LogP contribution in [0.1, 0.15) is 20.3 Å². The van der Waals surface area contributed by atoms with Crippen LogP contribution >= 0.6 is 0 Å². The van der Waals surface area contributed by atoms with Crippen LogP contribution in [0.5, 0.6) is 5.75 Å². The molecule has 1 aromatic rings. The maximum absolute atomic E-state index is 13.4. The third-order valence-electron chi connectivity index (χ3n) is 2.47. The SMILES string of the molecule is COc1c(F)cc(NC(=O)NCCC(C)C)cc1F. The van der Waals surface area contributed by atoms with Crippen LogP contribution in [0.15, 0.2) is 12.1 Å². The molecule has 0 aromatic heterocycles. The highest BCUT2D eigenvalue weighted by atomic mass is 19.1. The Bertz CT molecular complexity index is 427. The van der Waals surface area contributed by atoms with Crippen molar-refractivity contribution >= 4 is 11.7 Å². The maximum atomic E-state index is 13.4. The summed E-state index contributed by atoms with van der Waals surface area (Å²) in [6.07, 6.45) is 0.832. The van der Waals surface area contributed by atoms with Crippen molar-refractivity contribution in [3.63, 3.8) is 0 Å². The van der Waals surface area contributed by atoms with Gasteiger partial charge in [-0.2, -0.15) is 0 Å². The van der Waals surface area contributed by atoms with Crippen LogP contribution < -0.4 is 15.4 Å². The molecule has 19 heavy (non-hydrogen) atoms. The molecule has 1 rings (SSSR count). The van der Waals surface area contributed by atoms with Gasteiger partial charge in [-0.1, -0.05) is 13.8 Å². The molecule has 2 amide bonds. The van der Waals surface area contributed by atoms with Gasteiger partial charge in [0.1, 0.15) is 0 Å². The molecule has 4 nitrogen and oxygen atoms in total. The van der Waals surface area contributed by atoms with Crippen LogP contribution in [0.25, 0.3) is 0 Å². The molecule has 0 atom stereocenters. The Hall–Kier alpha value is -1.85. The van der Waals surface area contributed by atoms with Crippen LogP contribution in [-0.2, 0) is 0 Å². The summed E-state index contributed by atoms with van der Waals surface area (Å²) in [4.78, 5) is 11.5. The molecule has 0 heterocycles. The second-order valence-electron chi connectivity index (χ2n) is 4.54. The predicted molar refractivity (Wildman–Crippen MR) is 69.4 cm³/mol. The number of methoxy groups -OCH3 is 1. The van der Waals surface area contributed by atoms with E-state index in [4.69, 9.17) is 0 Å². The Kier molecular flexibility index (Phi) is 5.54. The Morgan fingerprint density at radius 1 is 1.32 bits per heavy atom. The number of nitrogens with one attached hydrogen (secondary N) is 2. The first-order valence-corrected chi connectivity index (χ1v) is 6.02.